The van der Waals surface area contributed by atoms with E-state index in [-0.39, 0.29) is 5.92 Å². The average Bonchev–Trinajstić information content (AvgIpc) is 2.61. The zero-order valence-electron chi connectivity index (χ0n) is 14.5. The highest BCUT2D eigenvalue weighted by molar-refractivity contribution is 14.1. The molecule has 0 bridgehead atoms. The van der Waals surface area contributed by atoms with Crippen LogP contribution in [-0.4, -0.2) is 24.9 Å². The van der Waals surface area contributed by atoms with Crippen molar-refractivity contribution in [2.45, 2.75) is 32.5 Å². The van der Waals surface area contributed by atoms with Crippen LogP contribution in [0.1, 0.15) is 25.3 Å². The lowest BCUT2D eigenvalue weighted by Crippen LogP contribution is -2.14. The van der Waals surface area contributed by atoms with E-state index >= 15 is 0 Å². The van der Waals surface area contributed by atoms with Crippen LogP contribution in [0.2, 0.25) is 0 Å². The molecule has 0 unspecified atom stereocenters. The van der Waals surface area contributed by atoms with E-state index in [0.29, 0.717) is 13.2 Å². The van der Waals surface area contributed by atoms with Crippen molar-refractivity contribution >= 4 is 22.6 Å². The summed E-state index contributed by atoms with van der Waals surface area (Å²) in [5.74, 6) is 0.963. The summed E-state index contributed by atoms with van der Waals surface area (Å²) in [5, 5.41) is 10.0. The molecule has 3 nitrogen and oxygen atoms in total. The van der Waals surface area contributed by atoms with Crippen LogP contribution >= 0.6 is 22.6 Å². The first-order valence-corrected chi connectivity index (χ1v) is 9.23. The summed E-state index contributed by atoms with van der Waals surface area (Å²) in [6.07, 6.45) is 8.93. The molecule has 0 aliphatic rings. The Morgan fingerprint density at radius 2 is 2.04 bits per heavy atom. The lowest BCUT2D eigenvalue weighted by Gasteiger charge is -2.13. The molecule has 1 N–H and O–H groups in total. The van der Waals surface area contributed by atoms with Gasteiger partial charge in [0.25, 0.3) is 0 Å². The van der Waals surface area contributed by atoms with Gasteiger partial charge in [-0.05, 0) is 53.1 Å². The Labute approximate surface area is 159 Å². The molecule has 0 aliphatic heterocycles. The third kappa shape index (κ3) is 8.13. The number of allylic oxidation sites excluding steroid dienone is 2. The fourth-order valence-corrected chi connectivity index (χ4v) is 2.66. The van der Waals surface area contributed by atoms with Gasteiger partial charge in [0.2, 0.25) is 0 Å². The second kappa shape index (κ2) is 12.3. The van der Waals surface area contributed by atoms with Crippen LogP contribution in [0.25, 0.3) is 0 Å². The summed E-state index contributed by atoms with van der Waals surface area (Å²) in [4.78, 5) is 0. The number of ether oxygens (including phenoxy) is 2. The van der Waals surface area contributed by atoms with Gasteiger partial charge in [0.05, 0.1) is 26.4 Å². The molecule has 24 heavy (non-hydrogen) atoms. The maximum Gasteiger partial charge on any atom is 0.118 e. The van der Waals surface area contributed by atoms with Gasteiger partial charge in [-0.15, -0.1) is 6.58 Å². The molecule has 1 aromatic carbocycles. The summed E-state index contributed by atoms with van der Waals surface area (Å²) in [6.45, 7) is 7.06. The minimum Gasteiger partial charge on any atom is -0.497 e. The zero-order valence-corrected chi connectivity index (χ0v) is 16.6. The molecular weight excluding hydrogens is 415 g/mol. The first kappa shape index (κ1) is 20.9. The van der Waals surface area contributed by atoms with Crippen LogP contribution in [0.4, 0.5) is 0 Å². The van der Waals surface area contributed by atoms with E-state index in [9.17, 15) is 5.11 Å². The molecule has 0 radical (unpaired) electrons. The molecule has 0 aromatic heterocycles. The van der Waals surface area contributed by atoms with Crippen LogP contribution < -0.4 is 4.74 Å². The Morgan fingerprint density at radius 1 is 1.33 bits per heavy atom. The molecule has 132 valence electrons. The number of methoxy groups -OCH3 is 1. The number of hydrogen-bond acceptors (Lipinski definition) is 3. The molecule has 1 aromatic rings. The number of hydrogen-bond donors (Lipinski definition) is 1. The topological polar surface area (TPSA) is 38.7 Å². The minimum absolute atomic E-state index is 0.110. The molecule has 0 aliphatic carbocycles. The van der Waals surface area contributed by atoms with Gasteiger partial charge < -0.3 is 14.6 Å². The third-order valence-electron chi connectivity index (χ3n) is 3.69. The third-order valence-corrected chi connectivity index (χ3v) is 4.49. The van der Waals surface area contributed by atoms with Crippen molar-refractivity contribution in [1.82, 2.24) is 0 Å². The maximum atomic E-state index is 10.0. The van der Waals surface area contributed by atoms with Gasteiger partial charge in [0.1, 0.15) is 5.75 Å². The molecule has 0 fully saturated rings. The van der Waals surface area contributed by atoms with Crippen molar-refractivity contribution in [3.8, 4) is 5.75 Å². The summed E-state index contributed by atoms with van der Waals surface area (Å²) in [5.41, 5.74) is 1.13. The lowest BCUT2D eigenvalue weighted by molar-refractivity contribution is 0.125. The van der Waals surface area contributed by atoms with Crippen molar-refractivity contribution in [2.75, 3.05) is 13.7 Å². The molecule has 2 atom stereocenters. The SMILES string of the molecule is C=C[C@H](CC)[C@@H](O)/C=C/C(I)=C/CCOCc1ccc(OC)cc1. The van der Waals surface area contributed by atoms with Crippen molar-refractivity contribution in [3.63, 3.8) is 0 Å². The molecule has 4 heteroatoms. The van der Waals surface area contributed by atoms with Crippen LogP contribution in [0.3, 0.4) is 0 Å². The number of aliphatic hydroxyl groups excluding tert-OH is 1. The van der Waals surface area contributed by atoms with E-state index in [4.69, 9.17) is 9.47 Å². The van der Waals surface area contributed by atoms with Gasteiger partial charge in [0.15, 0.2) is 0 Å². The predicted molar refractivity (Wildman–Crippen MR) is 108 cm³/mol. The second-order valence-electron chi connectivity index (χ2n) is 5.44. The lowest BCUT2D eigenvalue weighted by atomic mass is 9.99. The molecule has 0 saturated carbocycles. The van der Waals surface area contributed by atoms with E-state index in [2.05, 4.69) is 35.2 Å². The van der Waals surface area contributed by atoms with Crippen LogP contribution in [0, 0.1) is 5.92 Å². The molecule has 0 saturated heterocycles. The highest BCUT2D eigenvalue weighted by Crippen LogP contribution is 2.15. The molecule has 1 rings (SSSR count). The maximum absolute atomic E-state index is 10.0. The normalized spacial score (nSPS) is 14.6. The fraction of sp³-hybridized carbons (Fsp3) is 0.400. The van der Waals surface area contributed by atoms with Gasteiger partial charge in [-0.3, -0.25) is 0 Å². The van der Waals surface area contributed by atoms with E-state index in [1.807, 2.05) is 43.3 Å². The van der Waals surface area contributed by atoms with Gasteiger partial charge >= 0.3 is 0 Å². The highest BCUT2D eigenvalue weighted by atomic mass is 127. The van der Waals surface area contributed by atoms with E-state index in [1.54, 1.807) is 13.2 Å². The largest absolute Gasteiger partial charge is 0.497 e. The van der Waals surface area contributed by atoms with Gasteiger partial charge in [-0.2, -0.15) is 0 Å². The standard InChI is InChI=1S/C20H27IO3/c1-4-17(5-2)20(22)13-10-18(21)7-6-14-24-15-16-8-11-19(23-3)12-9-16/h4,7-13,17,20,22H,1,5-6,14-15H2,2-3H3/b13-10+,18-7-/t17-,20+/m1/s1. The Bertz CT molecular complexity index is 534. The van der Waals surface area contributed by atoms with Crippen LogP contribution in [0.15, 0.2) is 58.7 Å². The fourth-order valence-electron chi connectivity index (χ4n) is 2.14. The molecule has 0 heterocycles. The van der Waals surface area contributed by atoms with Crippen molar-refractivity contribution in [3.05, 3.63) is 64.3 Å². The van der Waals surface area contributed by atoms with Crippen molar-refractivity contribution in [2.24, 2.45) is 5.92 Å². The monoisotopic (exact) mass is 442 g/mol. The first-order valence-electron chi connectivity index (χ1n) is 8.15. The van der Waals surface area contributed by atoms with Crippen LogP contribution in [-0.2, 0) is 11.3 Å². The van der Waals surface area contributed by atoms with Gasteiger partial charge in [-0.1, -0.05) is 43.4 Å². The number of benzene rings is 1. The minimum atomic E-state index is -0.475. The van der Waals surface area contributed by atoms with Gasteiger partial charge in [0, 0.05) is 9.50 Å². The predicted octanol–water partition coefficient (Wildman–Crippen LogP) is 5.05. The Kier molecular flexibility index (Phi) is 10.7. The summed E-state index contributed by atoms with van der Waals surface area (Å²) in [7, 11) is 1.66. The van der Waals surface area contributed by atoms with E-state index < -0.39 is 6.10 Å². The van der Waals surface area contributed by atoms with E-state index in [1.165, 1.54) is 0 Å². The molecule has 0 spiro atoms. The zero-order chi connectivity index (χ0) is 17.8. The molecule has 0 amide bonds. The molecular formula is C20H27IO3. The Hall–Kier alpha value is -1.11. The summed E-state index contributed by atoms with van der Waals surface area (Å²) in [6, 6.07) is 7.88. The number of halogens is 1. The van der Waals surface area contributed by atoms with Crippen molar-refractivity contribution in [1.29, 1.82) is 0 Å². The van der Waals surface area contributed by atoms with E-state index in [0.717, 1.165) is 27.7 Å². The smallest absolute Gasteiger partial charge is 0.118 e. The highest BCUT2D eigenvalue weighted by Gasteiger charge is 2.09. The van der Waals surface area contributed by atoms with Crippen LogP contribution in [0.5, 0.6) is 5.75 Å². The van der Waals surface area contributed by atoms with Crippen molar-refractivity contribution < 1.29 is 14.6 Å². The second-order valence-corrected chi connectivity index (χ2v) is 6.68. The Balaban J connectivity index is 2.29. The number of aliphatic hydroxyl groups is 1. The Morgan fingerprint density at radius 3 is 2.62 bits per heavy atom. The number of rotatable bonds is 11. The first-order chi connectivity index (χ1) is 11.6. The summed E-state index contributed by atoms with van der Waals surface area (Å²) >= 11 is 2.26. The average molecular weight is 442 g/mol. The summed E-state index contributed by atoms with van der Waals surface area (Å²) < 4.78 is 11.9. The quantitative estimate of drug-likeness (QED) is 0.226. The van der Waals surface area contributed by atoms with Gasteiger partial charge in [-0.25, -0.2) is 0 Å².